The zero-order valence-corrected chi connectivity index (χ0v) is 12.4. The van der Waals surface area contributed by atoms with Crippen molar-refractivity contribution in [3.63, 3.8) is 0 Å². The van der Waals surface area contributed by atoms with Crippen molar-refractivity contribution in [2.75, 3.05) is 12.4 Å². The second kappa shape index (κ2) is 5.69. The number of primary sulfonamides is 1. The molecule has 0 heterocycles. The van der Waals surface area contributed by atoms with Crippen LogP contribution >= 0.6 is 0 Å². The Bertz CT molecular complexity index is 580. The van der Waals surface area contributed by atoms with E-state index >= 15 is 0 Å². The highest BCUT2D eigenvalue weighted by Gasteiger charge is 2.38. The molecule has 0 spiro atoms. The monoisotopic (exact) mass is 301 g/mol. The van der Waals surface area contributed by atoms with Gasteiger partial charge in [-0.2, -0.15) is 0 Å². The van der Waals surface area contributed by atoms with Gasteiger partial charge in [-0.3, -0.25) is 0 Å². The summed E-state index contributed by atoms with van der Waals surface area (Å²) in [5.41, 5.74) is 0.0263. The summed E-state index contributed by atoms with van der Waals surface area (Å²) < 4.78 is 42.2. The van der Waals surface area contributed by atoms with Crippen molar-refractivity contribution < 1.29 is 17.5 Å². The predicted octanol–water partition coefficient (Wildman–Crippen LogP) is 2.36. The molecule has 0 amide bonds. The minimum absolute atomic E-state index is 0.104. The van der Waals surface area contributed by atoms with Crippen molar-refractivity contribution in [2.45, 2.75) is 32.6 Å². The van der Waals surface area contributed by atoms with E-state index in [0.717, 1.165) is 25.7 Å². The first-order valence-corrected chi connectivity index (χ1v) is 8.41. The normalized spacial score (nSPS) is 18.1. The average molecular weight is 301 g/mol. The molecule has 2 N–H and O–H groups in total. The van der Waals surface area contributed by atoms with Gasteiger partial charge in [-0.25, -0.2) is 17.9 Å². The van der Waals surface area contributed by atoms with Crippen molar-refractivity contribution in [1.29, 1.82) is 0 Å². The van der Waals surface area contributed by atoms with Crippen LogP contribution in [0.5, 0.6) is 5.75 Å². The minimum Gasteiger partial charge on any atom is -0.490 e. The zero-order valence-electron chi connectivity index (χ0n) is 11.6. The number of halogens is 1. The summed E-state index contributed by atoms with van der Waals surface area (Å²) >= 11 is 0. The first-order valence-electron chi connectivity index (χ1n) is 6.70. The molecule has 20 heavy (non-hydrogen) atoms. The minimum atomic E-state index is -3.56. The Morgan fingerprint density at radius 2 is 2.00 bits per heavy atom. The van der Waals surface area contributed by atoms with Gasteiger partial charge >= 0.3 is 0 Å². The number of rotatable bonds is 5. The Labute approximate surface area is 119 Å². The maximum Gasteiger partial charge on any atom is 0.209 e. The molecule has 0 atom stereocenters. The van der Waals surface area contributed by atoms with Crippen molar-refractivity contribution in [2.24, 2.45) is 10.6 Å². The first kappa shape index (κ1) is 15.3. The summed E-state index contributed by atoms with van der Waals surface area (Å²) in [7, 11) is -3.56. The van der Waals surface area contributed by atoms with E-state index in [-0.39, 0.29) is 18.1 Å². The molecule has 1 aromatic rings. The molecule has 0 radical (unpaired) electrons. The van der Waals surface area contributed by atoms with Crippen LogP contribution in [-0.4, -0.2) is 20.8 Å². The topological polar surface area (TPSA) is 69.4 Å². The molecule has 6 heteroatoms. The third-order valence-electron chi connectivity index (χ3n) is 3.86. The van der Waals surface area contributed by atoms with Crippen molar-refractivity contribution >= 4 is 10.0 Å². The third-order valence-corrected chi connectivity index (χ3v) is 4.88. The smallest absolute Gasteiger partial charge is 0.209 e. The lowest BCUT2D eigenvalue weighted by atomic mass is 9.90. The van der Waals surface area contributed by atoms with Crippen LogP contribution in [0.4, 0.5) is 4.39 Å². The highest BCUT2D eigenvalue weighted by atomic mass is 32.2. The number of aryl methyl sites for hydroxylation is 1. The van der Waals surface area contributed by atoms with E-state index < -0.39 is 21.3 Å². The Hall–Kier alpha value is -1.14. The quantitative estimate of drug-likeness (QED) is 0.907. The molecule has 0 saturated heterocycles. The second-order valence-electron chi connectivity index (χ2n) is 5.69. The second-order valence-corrected chi connectivity index (χ2v) is 7.30. The maximum absolute atomic E-state index is 13.9. The summed E-state index contributed by atoms with van der Waals surface area (Å²) in [5, 5.41) is 5.17. The maximum atomic E-state index is 13.9. The molecule has 0 unspecified atom stereocenters. The molecular weight excluding hydrogens is 281 g/mol. The lowest BCUT2D eigenvalue weighted by Gasteiger charge is -2.27. The van der Waals surface area contributed by atoms with E-state index in [4.69, 9.17) is 9.88 Å². The number of hydrogen-bond donors (Lipinski definition) is 1. The lowest BCUT2D eigenvalue weighted by Crippen LogP contribution is -2.36. The molecule has 0 aromatic heterocycles. The molecule has 4 nitrogen and oxygen atoms in total. The van der Waals surface area contributed by atoms with Crippen LogP contribution < -0.4 is 9.88 Å². The van der Waals surface area contributed by atoms with Gasteiger partial charge in [0, 0.05) is 5.41 Å². The van der Waals surface area contributed by atoms with Gasteiger partial charge in [0.2, 0.25) is 10.0 Å². The molecule has 1 aliphatic carbocycles. The van der Waals surface area contributed by atoms with Gasteiger partial charge in [-0.05, 0) is 31.4 Å². The van der Waals surface area contributed by atoms with E-state index in [9.17, 15) is 12.8 Å². The molecule has 1 aliphatic rings. The Morgan fingerprint density at radius 1 is 1.35 bits per heavy atom. The largest absolute Gasteiger partial charge is 0.490 e. The van der Waals surface area contributed by atoms with Crippen LogP contribution in [-0.2, 0) is 10.0 Å². The van der Waals surface area contributed by atoms with Crippen LogP contribution in [0.3, 0.4) is 0 Å². The Balaban J connectivity index is 2.12. The molecule has 1 saturated carbocycles. The van der Waals surface area contributed by atoms with E-state index in [1.54, 1.807) is 25.1 Å². The van der Waals surface area contributed by atoms with E-state index in [1.807, 2.05) is 0 Å². The summed E-state index contributed by atoms with van der Waals surface area (Å²) in [5.74, 6) is -0.324. The highest BCUT2D eigenvalue weighted by molar-refractivity contribution is 7.89. The first-order chi connectivity index (χ1) is 9.31. The predicted molar refractivity (Wildman–Crippen MR) is 75.5 cm³/mol. The SMILES string of the molecule is Cc1cccc(OCC2(CS(N)(=O)=O)CCCC2)c1F. The fraction of sp³-hybridized carbons (Fsp3) is 0.571. The van der Waals surface area contributed by atoms with Crippen LogP contribution in [0.1, 0.15) is 31.2 Å². The van der Waals surface area contributed by atoms with Gasteiger partial charge in [0.1, 0.15) is 0 Å². The molecule has 1 fully saturated rings. The molecule has 2 rings (SSSR count). The third kappa shape index (κ3) is 3.70. The molecule has 1 aromatic carbocycles. The van der Waals surface area contributed by atoms with Crippen LogP contribution in [0, 0.1) is 18.2 Å². The van der Waals surface area contributed by atoms with E-state index in [1.165, 1.54) is 0 Å². The number of benzene rings is 1. The molecule has 0 bridgehead atoms. The van der Waals surface area contributed by atoms with Gasteiger partial charge in [0.05, 0.1) is 12.4 Å². The Morgan fingerprint density at radius 3 is 2.60 bits per heavy atom. The summed E-state index contributed by atoms with van der Waals surface area (Å²) in [6.07, 6.45) is 3.40. The van der Waals surface area contributed by atoms with Gasteiger partial charge in [0.25, 0.3) is 0 Å². The summed E-state index contributed by atoms with van der Waals surface area (Å²) in [6, 6.07) is 4.94. The van der Waals surface area contributed by atoms with E-state index in [2.05, 4.69) is 0 Å². The lowest BCUT2D eigenvalue weighted by molar-refractivity contribution is 0.165. The molecular formula is C14H20FNO3S. The van der Waals surface area contributed by atoms with Crippen LogP contribution in [0.25, 0.3) is 0 Å². The van der Waals surface area contributed by atoms with Crippen molar-refractivity contribution in [3.05, 3.63) is 29.6 Å². The van der Waals surface area contributed by atoms with Crippen molar-refractivity contribution in [3.8, 4) is 5.75 Å². The standard InChI is InChI=1S/C14H20FNO3S/c1-11-5-4-6-12(13(11)15)19-9-14(7-2-3-8-14)10-20(16,17)18/h4-6H,2-3,7-10H2,1H3,(H2,16,17,18). The molecule has 0 aliphatic heterocycles. The average Bonchev–Trinajstić information content (AvgIpc) is 2.78. The van der Waals surface area contributed by atoms with Crippen LogP contribution in [0.2, 0.25) is 0 Å². The van der Waals surface area contributed by atoms with Gasteiger partial charge in [-0.15, -0.1) is 0 Å². The fourth-order valence-electron chi connectivity index (χ4n) is 2.84. The van der Waals surface area contributed by atoms with Crippen molar-refractivity contribution in [1.82, 2.24) is 0 Å². The molecule has 112 valence electrons. The highest BCUT2D eigenvalue weighted by Crippen LogP contribution is 2.39. The zero-order chi connectivity index (χ0) is 14.8. The van der Waals surface area contributed by atoms with Gasteiger partial charge < -0.3 is 4.74 Å². The fourth-order valence-corrected chi connectivity index (χ4v) is 4.07. The summed E-state index contributed by atoms with van der Waals surface area (Å²) in [4.78, 5) is 0. The summed E-state index contributed by atoms with van der Waals surface area (Å²) in [6.45, 7) is 1.85. The number of ether oxygens (including phenoxy) is 1. The number of hydrogen-bond acceptors (Lipinski definition) is 3. The van der Waals surface area contributed by atoms with Crippen LogP contribution in [0.15, 0.2) is 18.2 Å². The van der Waals surface area contributed by atoms with E-state index in [0.29, 0.717) is 5.56 Å². The van der Waals surface area contributed by atoms with Gasteiger partial charge in [-0.1, -0.05) is 25.0 Å². The Kier molecular flexibility index (Phi) is 4.34. The number of nitrogens with two attached hydrogens (primary N) is 1. The van der Waals surface area contributed by atoms with Gasteiger partial charge in [0.15, 0.2) is 11.6 Å². The number of sulfonamides is 1.